The van der Waals surface area contributed by atoms with Crippen LogP contribution in [0.3, 0.4) is 0 Å². The second-order valence-corrected chi connectivity index (χ2v) is 7.79. The van der Waals surface area contributed by atoms with Crippen LogP contribution in [0.4, 0.5) is 5.69 Å². The van der Waals surface area contributed by atoms with E-state index < -0.39 is 0 Å². The molecule has 1 saturated heterocycles. The van der Waals surface area contributed by atoms with E-state index in [-0.39, 0.29) is 5.91 Å². The molecule has 3 rings (SSSR count). The molecule has 6 nitrogen and oxygen atoms in total. The Morgan fingerprint density at radius 3 is 2.24 bits per heavy atom. The Balaban J connectivity index is 1.74. The molecule has 0 bridgehead atoms. The SMILES string of the molecule is COc1cc(C(=O)Nc2ccc(CN3CCCCC3)cc2)c(Br)c(OC)c1OC. The summed E-state index contributed by atoms with van der Waals surface area (Å²) in [4.78, 5) is 15.3. The molecule has 7 heteroatoms. The number of benzene rings is 2. The van der Waals surface area contributed by atoms with Crippen molar-refractivity contribution in [2.45, 2.75) is 25.8 Å². The van der Waals surface area contributed by atoms with Gasteiger partial charge in [-0.1, -0.05) is 18.6 Å². The Hall–Kier alpha value is -2.25. The largest absolute Gasteiger partial charge is 0.493 e. The Labute approximate surface area is 180 Å². The van der Waals surface area contributed by atoms with Gasteiger partial charge in [-0.15, -0.1) is 0 Å². The van der Waals surface area contributed by atoms with Crippen LogP contribution in [0, 0.1) is 0 Å². The summed E-state index contributed by atoms with van der Waals surface area (Å²) in [7, 11) is 4.57. The first-order valence-corrected chi connectivity index (χ1v) is 10.5. The lowest BCUT2D eigenvalue weighted by Crippen LogP contribution is -2.29. The molecule has 29 heavy (non-hydrogen) atoms. The van der Waals surface area contributed by atoms with Crippen molar-refractivity contribution >= 4 is 27.5 Å². The molecule has 2 aromatic rings. The topological polar surface area (TPSA) is 60.0 Å². The fourth-order valence-electron chi connectivity index (χ4n) is 3.55. The van der Waals surface area contributed by atoms with Crippen molar-refractivity contribution in [1.82, 2.24) is 4.90 Å². The van der Waals surface area contributed by atoms with Crippen molar-refractivity contribution in [2.75, 3.05) is 39.7 Å². The third kappa shape index (κ3) is 5.03. The molecule has 0 aliphatic carbocycles. The van der Waals surface area contributed by atoms with Gasteiger partial charge in [0.15, 0.2) is 11.5 Å². The maximum absolute atomic E-state index is 12.9. The molecule has 0 saturated carbocycles. The third-order valence-electron chi connectivity index (χ3n) is 5.08. The lowest BCUT2D eigenvalue weighted by molar-refractivity contribution is 0.102. The lowest BCUT2D eigenvalue weighted by Gasteiger charge is -2.26. The molecule has 0 aromatic heterocycles. The first-order valence-electron chi connectivity index (χ1n) is 9.68. The van der Waals surface area contributed by atoms with E-state index in [2.05, 4.69) is 38.3 Å². The predicted octanol–water partition coefficient (Wildman–Crippen LogP) is 4.71. The van der Waals surface area contributed by atoms with Crippen LogP contribution in [0.2, 0.25) is 0 Å². The van der Waals surface area contributed by atoms with Crippen molar-refractivity contribution in [3.8, 4) is 17.2 Å². The number of likely N-dealkylation sites (tertiary alicyclic amines) is 1. The van der Waals surface area contributed by atoms with Crippen LogP contribution in [0.5, 0.6) is 17.2 Å². The summed E-state index contributed by atoms with van der Waals surface area (Å²) in [6, 6.07) is 9.63. The van der Waals surface area contributed by atoms with E-state index in [0.29, 0.717) is 27.3 Å². The highest BCUT2D eigenvalue weighted by molar-refractivity contribution is 9.10. The van der Waals surface area contributed by atoms with Gasteiger partial charge in [0.25, 0.3) is 5.91 Å². The Morgan fingerprint density at radius 2 is 1.66 bits per heavy atom. The fourth-order valence-corrected chi connectivity index (χ4v) is 4.19. The molecule has 0 radical (unpaired) electrons. The number of anilines is 1. The summed E-state index contributed by atoms with van der Waals surface area (Å²) >= 11 is 3.45. The summed E-state index contributed by atoms with van der Waals surface area (Å²) in [5.41, 5.74) is 2.38. The van der Waals surface area contributed by atoms with Crippen LogP contribution in [0.15, 0.2) is 34.8 Å². The summed E-state index contributed by atoms with van der Waals surface area (Å²) in [6.45, 7) is 3.27. The molecule has 2 aromatic carbocycles. The van der Waals surface area contributed by atoms with Crippen molar-refractivity contribution in [3.05, 3.63) is 45.9 Å². The highest BCUT2D eigenvalue weighted by Gasteiger charge is 2.23. The van der Waals surface area contributed by atoms with Gasteiger partial charge in [-0.05, 0) is 65.6 Å². The average Bonchev–Trinajstić information content (AvgIpc) is 2.75. The van der Waals surface area contributed by atoms with Crippen LogP contribution in [0.1, 0.15) is 35.2 Å². The minimum Gasteiger partial charge on any atom is -0.493 e. The number of rotatable bonds is 7. The standard InChI is InChI=1S/C22H27BrN2O4/c1-27-18-13-17(19(23)21(29-3)20(18)28-2)22(26)24-16-9-7-15(8-10-16)14-25-11-5-4-6-12-25/h7-10,13H,4-6,11-12,14H2,1-3H3,(H,24,26). The number of hydrogen-bond acceptors (Lipinski definition) is 5. The molecule has 156 valence electrons. The molecule has 1 heterocycles. The van der Waals surface area contributed by atoms with Gasteiger partial charge in [-0.3, -0.25) is 9.69 Å². The van der Waals surface area contributed by atoms with Crippen LogP contribution in [-0.4, -0.2) is 45.2 Å². The fraction of sp³-hybridized carbons (Fsp3) is 0.409. The molecular weight excluding hydrogens is 436 g/mol. The highest BCUT2D eigenvalue weighted by atomic mass is 79.9. The molecule has 1 amide bonds. The number of piperidine rings is 1. The second-order valence-electron chi connectivity index (χ2n) is 6.99. The van der Waals surface area contributed by atoms with Gasteiger partial charge in [0, 0.05) is 12.2 Å². The van der Waals surface area contributed by atoms with E-state index in [1.54, 1.807) is 6.07 Å². The molecule has 0 spiro atoms. The monoisotopic (exact) mass is 462 g/mol. The van der Waals surface area contributed by atoms with Crippen molar-refractivity contribution in [2.24, 2.45) is 0 Å². The lowest BCUT2D eigenvalue weighted by atomic mass is 10.1. The molecule has 1 aliphatic rings. The van der Waals surface area contributed by atoms with E-state index in [1.165, 1.54) is 46.2 Å². The number of hydrogen-bond donors (Lipinski definition) is 1. The van der Waals surface area contributed by atoms with Crippen molar-refractivity contribution in [3.63, 3.8) is 0 Å². The van der Waals surface area contributed by atoms with Gasteiger partial charge in [0.1, 0.15) is 0 Å². The Bertz CT molecular complexity index is 849. The number of amides is 1. The molecule has 1 N–H and O–H groups in total. The van der Waals surface area contributed by atoms with Crippen molar-refractivity contribution in [1.29, 1.82) is 0 Å². The smallest absolute Gasteiger partial charge is 0.257 e. The number of methoxy groups -OCH3 is 3. The Morgan fingerprint density at radius 1 is 1.00 bits per heavy atom. The van der Waals surface area contributed by atoms with E-state index in [9.17, 15) is 4.79 Å². The Kier molecular flexibility index (Phi) is 7.39. The van der Waals surface area contributed by atoms with Gasteiger partial charge < -0.3 is 19.5 Å². The van der Waals surface area contributed by atoms with Crippen LogP contribution in [0.25, 0.3) is 0 Å². The number of carbonyl (C=O) groups is 1. The first-order chi connectivity index (χ1) is 14.1. The highest BCUT2D eigenvalue weighted by Crippen LogP contribution is 2.44. The van der Waals surface area contributed by atoms with Crippen LogP contribution in [-0.2, 0) is 6.54 Å². The van der Waals surface area contributed by atoms with Gasteiger partial charge in [0.05, 0.1) is 31.4 Å². The number of ether oxygens (including phenoxy) is 3. The molecule has 1 fully saturated rings. The summed E-state index contributed by atoms with van der Waals surface area (Å²) in [5.74, 6) is 1.00. The van der Waals surface area contributed by atoms with E-state index in [0.717, 1.165) is 25.3 Å². The number of carbonyl (C=O) groups excluding carboxylic acids is 1. The minimum absolute atomic E-state index is 0.264. The predicted molar refractivity (Wildman–Crippen MR) is 117 cm³/mol. The minimum atomic E-state index is -0.264. The maximum atomic E-state index is 12.9. The van der Waals surface area contributed by atoms with Gasteiger partial charge in [-0.2, -0.15) is 0 Å². The first kappa shape index (κ1) is 21.5. The zero-order valence-corrected chi connectivity index (χ0v) is 18.7. The zero-order chi connectivity index (χ0) is 20.8. The molecule has 1 aliphatic heterocycles. The second kappa shape index (κ2) is 9.98. The van der Waals surface area contributed by atoms with Gasteiger partial charge in [-0.25, -0.2) is 0 Å². The number of nitrogens with zero attached hydrogens (tertiary/aromatic N) is 1. The third-order valence-corrected chi connectivity index (χ3v) is 5.87. The summed E-state index contributed by atoms with van der Waals surface area (Å²) in [6.07, 6.45) is 3.88. The number of halogens is 1. The zero-order valence-electron chi connectivity index (χ0n) is 17.1. The van der Waals surface area contributed by atoms with Crippen molar-refractivity contribution < 1.29 is 19.0 Å². The number of nitrogens with one attached hydrogen (secondary N) is 1. The summed E-state index contributed by atoms with van der Waals surface area (Å²) < 4.78 is 16.6. The van der Waals surface area contributed by atoms with Crippen LogP contribution < -0.4 is 19.5 Å². The molecule has 0 unspecified atom stereocenters. The normalized spacial score (nSPS) is 14.3. The van der Waals surface area contributed by atoms with Gasteiger partial charge in [0.2, 0.25) is 5.75 Å². The van der Waals surface area contributed by atoms with E-state index in [4.69, 9.17) is 14.2 Å². The molecular formula is C22H27BrN2O4. The molecule has 0 atom stereocenters. The van der Waals surface area contributed by atoms with Crippen LogP contribution >= 0.6 is 15.9 Å². The van der Waals surface area contributed by atoms with Gasteiger partial charge >= 0.3 is 0 Å². The van der Waals surface area contributed by atoms with E-state index >= 15 is 0 Å². The average molecular weight is 463 g/mol. The maximum Gasteiger partial charge on any atom is 0.257 e. The summed E-state index contributed by atoms with van der Waals surface area (Å²) in [5, 5.41) is 2.94. The van der Waals surface area contributed by atoms with E-state index in [1.807, 2.05) is 12.1 Å². The quantitative estimate of drug-likeness (QED) is 0.645.